The van der Waals surface area contributed by atoms with Gasteiger partial charge in [0, 0.05) is 7.05 Å². The fourth-order valence-electron chi connectivity index (χ4n) is 4.21. The van der Waals surface area contributed by atoms with E-state index in [0.29, 0.717) is 17.2 Å². The number of rotatable bonds is 12. The van der Waals surface area contributed by atoms with Crippen LogP contribution < -0.4 is 14.9 Å². The minimum Gasteiger partial charge on any atom is -0.462 e. The van der Waals surface area contributed by atoms with Gasteiger partial charge in [0.15, 0.2) is 29.4 Å². The van der Waals surface area contributed by atoms with Gasteiger partial charge >= 0.3 is 13.7 Å². The summed E-state index contributed by atoms with van der Waals surface area (Å²) in [5.74, 6) is -0.132. The number of hydrogen-bond acceptors (Lipinski definition) is 11. The van der Waals surface area contributed by atoms with E-state index < -0.39 is 62.5 Å². The summed E-state index contributed by atoms with van der Waals surface area (Å²) in [6.45, 7) is 5.77. The summed E-state index contributed by atoms with van der Waals surface area (Å²) in [6.07, 6.45) is -4.30. The second-order valence-corrected chi connectivity index (χ2v) is 11.8. The molecule has 0 aliphatic carbocycles. The molecule has 6 atom stereocenters. The van der Waals surface area contributed by atoms with Gasteiger partial charge in [-0.15, -0.1) is 11.6 Å². The number of fused-ring (bicyclic) bond motifs is 1. The zero-order chi connectivity index (χ0) is 29.9. The van der Waals surface area contributed by atoms with Gasteiger partial charge in [0.05, 0.1) is 24.9 Å². The molecule has 0 amide bonds. The number of aromatic nitrogens is 4. The molecule has 3 N–H and O–H groups in total. The van der Waals surface area contributed by atoms with E-state index in [4.69, 9.17) is 30.1 Å². The lowest BCUT2D eigenvalue weighted by Gasteiger charge is -2.31. The highest BCUT2D eigenvalue weighted by Gasteiger charge is 2.57. The Morgan fingerprint density at radius 3 is 2.63 bits per heavy atom. The number of alkyl halides is 2. The number of para-hydroxylation sites is 1. The first-order chi connectivity index (χ1) is 19.4. The van der Waals surface area contributed by atoms with Crippen molar-refractivity contribution in [2.75, 3.05) is 24.9 Å². The maximum Gasteiger partial charge on any atom is 0.459 e. The van der Waals surface area contributed by atoms with Crippen LogP contribution in [0.3, 0.4) is 0 Å². The fourth-order valence-corrected chi connectivity index (χ4v) is 6.06. The van der Waals surface area contributed by atoms with Crippen LogP contribution in [0.5, 0.6) is 5.75 Å². The minimum atomic E-state index is -4.36. The second kappa shape index (κ2) is 12.6. The van der Waals surface area contributed by atoms with E-state index >= 15 is 4.39 Å². The van der Waals surface area contributed by atoms with Crippen molar-refractivity contribution < 1.29 is 37.4 Å². The van der Waals surface area contributed by atoms with Crippen LogP contribution in [0.25, 0.3) is 11.2 Å². The number of halogens is 2. The van der Waals surface area contributed by atoms with Crippen molar-refractivity contribution in [2.45, 2.75) is 63.9 Å². The van der Waals surface area contributed by atoms with E-state index in [1.54, 1.807) is 46.0 Å². The monoisotopic (exact) mass is 614 g/mol. The first kappa shape index (κ1) is 31.1. The fraction of sp³-hybridized carbons (Fsp3) is 0.520. The van der Waals surface area contributed by atoms with Gasteiger partial charge in [-0.3, -0.25) is 13.9 Å². The Kier molecular flexibility index (Phi) is 9.52. The SMILES string of the molecule is CNc1nc(C)nc2c1ncn2[C@@H]1O[C@](CCl)(COP(=O)(N[C@H](C)C(=O)OC(C)C)Oc2ccccc2)[C@@H](O)[C@@H]1F. The molecule has 13 nitrogen and oxygen atoms in total. The number of nitrogens with zero attached hydrogens (tertiary/aromatic N) is 4. The third kappa shape index (κ3) is 6.63. The summed E-state index contributed by atoms with van der Waals surface area (Å²) in [4.78, 5) is 25.3. The molecule has 3 aromatic rings. The number of aryl methyl sites for hydroxylation is 1. The number of aliphatic hydroxyl groups is 1. The van der Waals surface area contributed by atoms with E-state index in [1.165, 1.54) is 30.0 Å². The van der Waals surface area contributed by atoms with E-state index in [-0.39, 0.29) is 11.4 Å². The van der Waals surface area contributed by atoms with Gasteiger partial charge in [-0.1, -0.05) is 18.2 Å². The molecule has 1 unspecified atom stereocenters. The van der Waals surface area contributed by atoms with Crippen LogP contribution in [-0.4, -0.2) is 80.2 Å². The molecule has 1 aromatic carbocycles. The minimum absolute atomic E-state index is 0.169. The molecule has 1 aliphatic rings. The third-order valence-corrected chi connectivity index (χ3v) is 8.32. The lowest BCUT2D eigenvalue weighted by Crippen LogP contribution is -2.48. The molecule has 3 heterocycles. The third-order valence-electron chi connectivity index (χ3n) is 6.24. The first-order valence-electron chi connectivity index (χ1n) is 12.8. The molecular formula is C25H33ClFN6O7P. The van der Waals surface area contributed by atoms with E-state index in [9.17, 15) is 14.5 Å². The van der Waals surface area contributed by atoms with Crippen molar-refractivity contribution in [1.82, 2.24) is 24.6 Å². The number of esters is 1. The van der Waals surface area contributed by atoms with Gasteiger partial charge in [0.1, 0.15) is 29.3 Å². The van der Waals surface area contributed by atoms with Crippen LogP contribution in [0, 0.1) is 6.92 Å². The van der Waals surface area contributed by atoms with Crippen LogP contribution in [0.2, 0.25) is 0 Å². The summed E-state index contributed by atoms with van der Waals surface area (Å²) >= 11 is 6.23. The van der Waals surface area contributed by atoms with Crippen LogP contribution >= 0.6 is 19.3 Å². The van der Waals surface area contributed by atoms with Crippen LogP contribution in [-0.2, 0) is 23.4 Å². The summed E-state index contributed by atoms with van der Waals surface area (Å²) in [7, 11) is -2.69. The number of nitrogens with one attached hydrogen (secondary N) is 2. The van der Waals surface area contributed by atoms with Crippen molar-refractivity contribution in [3.8, 4) is 5.75 Å². The Bertz CT molecular complexity index is 1420. The average Bonchev–Trinajstić information content (AvgIpc) is 3.46. The van der Waals surface area contributed by atoms with Crippen LogP contribution in [0.1, 0.15) is 32.8 Å². The Morgan fingerprint density at radius 1 is 1.29 bits per heavy atom. The van der Waals surface area contributed by atoms with Gasteiger partial charge in [-0.05, 0) is 39.8 Å². The molecular weight excluding hydrogens is 582 g/mol. The lowest BCUT2D eigenvalue weighted by molar-refractivity contribution is -0.149. The summed E-state index contributed by atoms with van der Waals surface area (Å²) < 4.78 is 53.4. The molecule has 4 rings (SSSR count). The molecule has 0 saturated carbocycles. The Morgan fingerprint density at radius 2 is 2.00 bits per heavy atom. The lowest BCUT2D eigenvalue weighted by atomic mass is 9.99. The normalized spacial score (nSPS) is 24.8. The highest BCUT2D eigenvalue weighted by Crippen LogP contribution is 2.49. The molecule has 41 heavy (non-hydrogen) atoms. The smallest absolute Gasteiger partial charge is 0.459 e. The molecule has 0 spiro atoms. The first-order valence-corrected chi connectivity index (χ1v) is 14.9. The van der Waals surface area contributed by atoms with Gasteiger partial charge in [0.25, 0.3) is 0 Å². The van der Waals surface area contributed by atoms with Crippen molar-refractivity contribution >= 4 is 42.3 Å². The summed E-state index contributed by atoms with van der Waals surface area (Å²) in [5.41, 5.74) is -1.23. The zero-order valence-electron chi connectivity index (χ0n) is 23.2. The van der Waals surface area contributed by atoms with E-state index in [2.05, 4.69) is 25.4 Å². The van der Waals surface area contributed by atoms with Gasteiger partial charge in [-0.25, -0.2) is 23.9 Å². The van der Waals surface area contributed by atoms with Crippen molar-refractivity contribution in [1.29, 1.82) is 0 Å². The maximum absolute atomic E-state index is 15.7. The van der Waals surface area contributed by atoms with Gasteiger partial charge < -0.3 is 24.4 Å². The highest BCUT2D eigenvalue weighted by molar-refractivity contribution is 7.52. The molecule has 1 fully saturated rings. The topological polar surface area (TPSA) is 159 Å². The number of carbonyl (C=O) groups is 1. The van der Waals surface area contributed by atoms with Gasteiger partial charge in [-0.2, -0.15) is 5.09 Å². The molecule has 1 aliphatic heterocycles. The van der Waals surface area contributed by atoms with E-state index in [0.717, 1.165) is 0 Å². The van der Waals surface area contributed by atoms with Crippen molar-refractivity contribution in [2.24, 2.45) is 0 Å². The predicted molar refractivity (Wildman–Crippen MR) is 149 cm³/mol. The number of imidazole rings is 1. The number of benzene rings is 1. The second-order valence-electron chi connectivity index (χ2n) is 9.80. The molecule has 1 saturated heterocycles. The van der Waals surface area contributed by atoms with Crippen molar-refractivity contribution in [3.05, 3.63) is 42.5 Å². The molecule has 16 heteroatoms. The molecule has 224 valence electrons. The Labute approximate surface area is 241 Å². The average molecular weight is 615 g/mol. The molecule has 0 bridgehead atoms. The van der Waals surface area contributed by atoms with Crippen LogP contribution in [0.4, 0.5) is 10.2 Å². The van der Waals surface area contributed by atoms with Crippen LogP contribution in [0.15, 0.2) is 36.7 Å². The largest absolute Gasteiger partial charge is 0.462 e. The maximum atomic E-state index is 15.7. The molecule has 0 radical (unpaired) electrons. The number of carbonyl (C=O) groups excluding carboxylic acids is 1. The molecule has 2 aromatic heterocycles. The van der Waals surface area contributed by atoms with E-state index in [1.807, 2.05) is 0 Å². The highest BCUT2D eigenvalue weighted by atomic mass is 35.5. The number of ether oxygens (including phenoxy) is 2. The van der Waals surface area contributed by atoms with Gasteiger partial charge in [0.2, 0.25) is 0 Å². The zero-order valence-corrected chi connectivity index (χ0v) is 24.8. The summed E-state index contributed by atoms with van der Waals surface area (Å²) in [6, 6.07) is 6.99. The Balaban J connectivity index is 1.61. The number of hydrogen-bond donors (Lipinski definition) is 3. The number of aliphatic hydroxyl groups excluding tert-OH is 1. The predicted octanol–water partition coefficient (Wildman–Crippen LogP) is 3.52. The Hall–Kier alpha value is -2.87. The van der Waals surface area contributed by atoms with Crippen molar-refractivity contribution in [3.63, 3.8) is 0 Å². The number of anilines is 1. The quantitative estimate of drug-likeness (QED) is 0.155. The standard InChI is InChI=1S/C25H33ClFN6O7P/c1-14(2)38-24(35)15(3)32-41(36,40-17-9-7-6-8-10-17)37-12-25(11-26)20(34)18(27)23(39-25)33-13-29-19-21(28-5)30-16(4)31-22(19)33/h6-10,13-15,18,20,23,34H,11-12H2,1-5H3,(H,32,36)(H,28,30,31)/t15-,18+,20+,23-,25-,41?/m1/s1. The summed E-state index contributed by atoms with van der Waals surface area (Å²) in [5, 5.41) is 16.5.